The van der Waals surface area contributed by atoms with Crippen LogP contribution in [0.1, 0.15) is 39.5 Å². The molecule has 1 rings (SSSR count). The van der Waals surface area contributed by atoms with Crippen LogP contribution < -0.4 is 5.32 Å². The van der Waals surface area contributed by atoms with E-state index in [9.17, 15) is 4.79 Å². The minimum Gasteiger partial charge on any atom is -0.381 e. The molecule has 82 valence electrons. The minimum absolute atomic E-state index is 0.187. The summed E-state index contributed by atoms with van der Waals surface area (Å²) >= 11 is 0. The standard InChI is InChI=1S/C11H21NO2/c1-3-4-11(13)12-9(2)10-5-7-14-8-6-10/h9-10H,3-8H2,1-2H3,(H,12,13). The van der Waals surface area contributed by atoms with Gasteiger partial charge in [0.1, 0.15) is 0 Å². The summed E-state index contributed by atoms with van der Waals surface area (Å²) in [6.07, 6.45) is 3.72. The average Bonchev–Trinajstić information content (AvgIpc) is 2.19. The van der Waals surface area contributed by atoms with E-state index in [1.807, 2.05) is 6.92 Å². The Labute approximate surface area is 86.2 Å². The lowest BCUT2D eigenvalue weighted by molar-refractivity contribution is -0.122. The van der Waals surface area contributed by atoms with Crippen LogP contribution >= 0.6 is 0 Å². The van der Waals surface area contributed by atoms with E-state index in [0.717, 1.165) is 32.5 Å². The molecule has 1 N–H and O–H groups in total. The quantitative estimate of drug-likeness (QED) is 0.748. The summed E-state index contributed by atoms with van der Waals surface area (Å²) in [7, 11) is 0. The number of hydrogen-bond acceptors (Lipinski definition) is 2. The molecule has 1 aliphatic rings. The second kappa shape index (κ2) is 6.02. The van der Waals surface area contributed by atoms with Crippen molar-refractivity contribution in [2.24, 2.45) is 5.92 Å². The van der Waals surface area contributed by atoms with Gasteiger partial charge in [-0.2, -0.15) is 0 Å². The van der Waals surface area contributed by atoms with Crippen LogP contribution in [0.4, 0.5) is 0 Å². The lowest BCUT2D eigenvalue weighted by Crippen LogP contribution is -2.40. The van der Waals surface area contributed by atoms with E-state index in [1.165, 1.54) is 0 Å². The van der Waals surface area contributed by atoms with Crippen molar-refractivity contribution in [3.63, 3.8) is 0 Å². The predicted octanol–water partition coefficient (Wildman–Crippen LogP) is 1.72. The monoisotopic (exact) mass is 199 g/mol. The SMILES string of the molecule is CCCC(=O)NC(C)C1CCOCC1. The van der Waals surface area contributed by atoms with Crippen molar-refractivity contribution in [2.75, 3.05) is 13.2 Å². The second-order valence-corrected chi connectivity index (χ2v) is 4.06. The van der Waals surface area contributed by atoms with Gasteiger partial charge >= 0.3 is 0 Å². The number of ether oxygens (including phenoxy) is 1. The van der Waals surface area contributed by atoms with Gasteiger partial charge in [0, 0.05) is 25.7 Å². The van der Waals surface area contributed by atoms with Gasteiger partial charge in [0.05, 0.1) is 0 Å². The highest BCUT2D eigenvalue weighted by Gasteiger charge is 2.21. The van der Waals surface area contributed by atoms with Gasteiger partial charge in [-0.15, -0.1) is 0 Å². The first-order valence-corrected chi connectivity index (χ1v) is 5.61. The first-order chi connectivity index (χ1) is 6.74. The molecule has 3 heteroatoms. The van der Waals surface area contributed by atoms with Gasteiger partial charge in [-0.1, -0.05) is 6.92 Å². The zero-order chi connectivity index (χ0) is 10.4. The molecular formula is C11H21NO2. The third kappa shape index (κ3) is 3.66. The molecule has 1 aliphatic heterocycles. The van der Waals surface area contributed by atoms with E-state index in [2.05, 4.69) is 12.2 Å². The molecule has 0 bridgehead atoms. The molecule has 1 amide bonds. The summed E-state index contributed by atoms with van der Waals surface area (Å²) in [4.78, 5) is 11.4. The molecule has 0 radical (unpaired) electrons. The molecule has 14 heavy (non-hydrogen) atoms. The molecule has 0 spiro atoms. The minimum atomic E-state index is 0.187. The number of rotatable bonds is 4. The summed E-state index contributed by atoms with van der Waals surface area (Å²) in [5, 5.41) is 3.06. The Balaban J connectivity index is 2.25. The summed E-state index contributed by atoms with van der Waals surface area (Å²) in [6.45, 7) is 5.82. The predicted molar refractivity (Wildman–Crippen MR) is 56.1 cm³/mol. The Kier molecular flexibility index (Phi) is 4.94. The molecule has 1 atom stereocenters. The Hall–Kier alpha value is -0.570. The lowest BCUT2D eigenvalue weighted by Gasteiger charge is -2.28. The molecular weight excluding hydrogens is 178 g/mol. The highest BCUT2D eigenvalue weighted by molar-refractivity contribution is 5.76. The van der Waals surface area contributed by atoms with Crippen LogP contribution in [0.3, 0.4) is 0 Å². The van der Waals surface area contributed by atoms with Crippen LogP contribution in [0.5, 0.6) is 0 Å². The fraction of sp³-hybridized carbons (Fsp3) is 0.909. The maximum absolute atomic E-state index is 11.4. The summed E-state index contributed by atoms with van der Waals surface area (Å²) in [5.41, 5.74) is 0. The van der Waals surface area contributed by atoms with Gasteiger partial charge in [0.2, 0.25) is 5.91 Å². The van der Waals surface area contributed by atoms with Crippen molar-refractivity contribution in [1.82, 2.24) is 5.32 Å². The van der Waals surface area contributed by atoms with Crippen molar-refractivity contribution >= 4 is 5.91 Å². The van der Waals surface area contributed by atoms with E-state index in [1.54, 1.807) is 0 Å². The summed E-state index contributed by atoms with van der Waals surface area (Å²) < 4.78 is 5.29. The van der Waals surface area contributed by atoms with Gasteiger partial charge < -0.3 is 10.1 Å². The fourth-order valence-corrected chi connectivity index (χ4v) is 1.89. The molecule has 0 aromatic rings. The van der Waals surface area contributed by atoms with E-state index >= 15 is 0 Å². The fourth-order valence-electron chi connectivity index (χ4n) is 1.89. The van der Waals surface area contributed by atoms with Crippen LogP contribution in [-0.2, 0) is 9.53 Å². The second-order valence-electron chi connectivity index (χ2n) is 4.06. The van der Waals surface area contributed by atoms with Crippen molar-refractivity contribution in [2.45, 2.75) is 45.6 Å². The summed E-state index contributed by atoms with van der Waals surface area (Å²) in [5.74, 6) is 0.788. The Morgan fingerprint density at radius 2 is 2.14 bits per heavy atom. The number of amides is 1. The van der Waals surface area contributed by atoms with E-state index in [4.69, 9.17) is 4.74 Å². The van der Waals surface area contributed by atoms with E-state index < -0.39 is 0 Å². The molecule has 3 nitrogen and oxygen atoms in total. The Morgan fingerprint density at radius 1 is 1.50 bits per heavy atom. The molecule has 0 aliphatic carbocycles. The van der Waals surface area contributed by atoms with Crippen LogP contribution in [0.15, 0.2) is 0 Å². The van der Waals surface area contributed by atoms with E-state index in [0.29, 0.717) is 18.4 Å². The molecule has 0 aromatic carbocycles. The largest absolute Gasteiger partial charge is 0.381 e. The topological polar surface area (TPSA) is 38.3 Å². The average molecular weight is 199 g/mol. The third-order valence-corrected chi connectivity index (χ3v) is 2.84. The zero-order valence-corrected chi connectivity index (χ0v) is 9.21. The molecule has 1 heterocycles. The first-order valence-electron chi connectivity index (χ1n) is 5.61. The smallest absolute Gasteiger partial charge is 0.220 e. The normalized spacial score (nSPS) is 20.4. The van der Waals surface area contributed by atoms with Crippen LogP contribution in [0.2, 0.25) is 0 Å². The van der Waals surface area contributed by atoms with Crippen molar-refractivity contribution in [3.8, 4) is 0 Å². The van der Waals surface area contributed by atoms with Gasteiger partial charge in [-0.05, 0) is 32.1 Å². The molecule has 0 aromatic heterocycles. The van der Waals surface area contributed by atoms with Crippen molar-refractivity contribution < 1.29 is 9.53 Å². The molecule has 1 unspecified atom stereocenters. The highest BCUT2D eigenvalue weighted by Crippen LogP contribution is 2.18. The zero-order valence-electron chi connectivity index (χ0n) is 9.21. The van der Waals surface area contributed by atoms with Crippen LogP contribution in [-0.4, -0.2) is 25.2 Å². The maximum Gasteiger partial charge on any atom is 0.220 e. The third-order valence-electron chi connectivity index (χ3n) is 2.84. The van der Waals surface area contributed by atoms with Gasteiger partial charge in [0.15, 0.2) is 0 Å². The Bertz CT molecular complexity index is 176. The Morgan fingerprint density at radius 3 is 2.71 bits per heavy atom. The first kappa shape index (κ1) is 11.5. The molecule has 0 saturated carbocycles. The van der Waals surface area contributed by atoms with Crippen molar-refractivity contribution in [3.05, 3.63) is 0 Å². The maximum atomic E-state index is 11.4. The lowest BCUT2D eigenvalue weighted by atomic mass is 9.93. The molecule has 1 saturated heterocycles. The van der Waals surface area contributed by atoms with E-state index in [-0.39, 0.29) is 5.91 Å². The van der Waals surface area contributed by atoms with Crippen LogP contribution in [0.25, 0.3) is 0 Å². The van der Waals surface area contributed by atoms with Crippen molar-refractivity contribution in [1.29, 1.82) is 0 Å². The van der Waals surface area contributed by atoms with Crippen LogP contribution in [0, 0.1) is 5.92 Å². The molecule has 1 fully saturated rings. The van der Waals surface area contributed by atoms with Gasteiger partial charge in [-0.3, -0.25) is 4.79 Å². The highest BCUT2D eigenvalue weighted by atomic mass is 16.5. The summed E-state index contributed by atoms with van der Waals surface area (Å²) in [6, 6.07) is 0.304. The number of hydrogen-bond donors (Lipinski definition) is 1. The number of carbonyl (C=O) groups is 1. The number of carbonyl (C=O) groups excluding carboxylic acids is 1. The number of nitrogens with one attached hydrogen (secondary N) is 1. The van der Waals surface area contributed by atoms with Gasteiger partial charge in [-0.25, -0.2) is 0 Å². The van der Waals surface area contributed by atoms with Gasteiger partial charge in [0.25, 0.3) is 0 Å².